The molecule has 0 aliphatic carbocycles. The lowest BCUT2D eigenvalue weighted by atomic mass is 9.89. The highest BCUT2D eigenvalue weighted by Gasteiger charge is 2.22. The van der Waals surface area contributed by atoms with E-state index in [4.69, 9.17) is 0 Å². The van der Waals surface area contributed by atoms with E-state index in [0.717, 1.165) is 38.2 Å². The average molecular weight is 466 g/mol. The molecule has 1 aliphatic heterocycles. The van der Waals surface area contributed by atoms with Crippen LogP contribution in [0.2, 0.25) is 0 Å². The van der Waals surface area contributed by atoms with E-state index in [2.05, 4.69) is 88.4 Å². The van der Waals surface area contributed by atoms with E-state index >= 15 is 0 Å². The quantitative estimate of drug-likeness (QED) is 0.336. The number of rotatable bonds is 6. The lowest BCUT2D eigenvalue weighted by Gasteiger charge is -2.32. The monoisotopic (exact) mass is 465 g/mol. The second kappa shape index (κ2) is 10.1. The second-order valence-electron chi connectivity index (χ2n) is 10.2. The number of anilines is 1. The van der Waals surface area contributed by atoms with E-state index in [-0.39, 0.29) is 11.8 Å². The Labute approximate surface area is 208 Å². The van der Waals surface area contributed by atoms with Crippen LogP contribution >= 0.6 is 0 Å². The number of piperidine rings is 1. The number of nitrogens with zero attached hydrogens (tertiary/aromatic N) is 2. The van der Waals surface area contributed by atoms with Crippen molar-refractivity contribution in [1.82, 2.24) is 9.47 Å². The van der Waals surface area contributed by atoms with Crippen molar-refractivity contribution in [3.05, 3.63) is 95.7 Å². The summed E-state index contributed by atoms with van der Waals surface area (Å²) in [7, 11) is 0. The fraction of sp³-hybridized carbons (Fsp3) is 0.323. The molecule has 0 bridgehead atoms. The Hall–Kier alpha value is -3.37. The third-order valence-electron chi connectivity index (χ3n) is 7.23. The maximum absolute atomic E-state index is 12.0. The topological polar surface area (TPSA) is 37.3 Å². The van der Waals surface area contributed by atoms with Crippen LogP contribution in [0, 0.1) is 12.8 Å². The zero-order valence-corrected chi connectivity index (χ0v) is 21.0. The zero-order chi connectivity index (χ0) is 24.4. The number of hydrogen-bond acceptors (Lipinski definition) is 2. The summed E-state index contributed by atoms with van der Waals surface area (Å²) in [5.74, 6) is 0.627. The van der Waals surface area contributed by atoms with Crippen molar-refractivity contribution in [2.24, 2.45) is 5.92 Å². The van der Waals surface area contributed by atoms with E-state index in [0.29, 0.717) is 5.92 Å². The van der Waals surface area contributed by atoms with Gasteiger partial charge in [0.15, 0.2) is 0 Å². The van der Waals surface area contributed by atoms with Gasteiger partial charge in [0.2, 0.25) is 5.91 Å². The average Bonchev–Trinajstić information content (AvgIpc) is 3.23. The van der Waals surface area contributed by atoms with Gasteiger partial charge in [-0.25, -0.2) is 0 Å². The Balaban J connectivity index is 1.27. The standard InChI is InChI=1S/C31H35N3O/c1-22(2)31(35)32-27-12-10-24(11-13-27)25-16-18-33(19-17-25)21-29-20-26-6-4-5-7-30(26)34(29)28-14-8-23(3)9-15-28/h4-15,20,22,25H,16-19,21H2,1-3H3,(H,32,35). The fourth-order valence-corrected chi connectivity index (χ4v) is 5.11. The van der Waals surface area contributed by atoms with Crippen LogP contribution in [-0.2, 0) is 11.3 Å². The number of carbonyl (C=O) groups excluding carboxylic acids is 1. The van der Waals surface area contributed by atoms with Crippen LogP contribution in [0.1, 0.15) is 49.4 Å². The van der Waals surface area contributed by atoms with E-state index < -0.39 is 0 Å². The van der Waals surface area contributed by atoms with Crippen LogP contribution in [0.25, 0.3) is 16.6 Å². The summed E-state index contributed by atoms with van der Waals surface area (Å²) >= 11 is 0. The molecule has 3 aromatic carbocycles. The highest BCUT2D eigenvalue weighted by molar-refractivity contribution is 5.92. The number of hydrogen-bond donors (Lipinski definition) is 1. The van der Waals surface area contributed by atoms with Crippen LogP contribution in [0.15, 0.2) is 78.9 Å². The minimum absolute atomic E-state index is 0.0105. The molecule has 180 valence electrons. The Kier molecular flexibility index (Phi) is 6.74. The van der Waals surface area contributed by atoms with Gasteiger partial charge < -0.3 is 9.88 Å². The highest BCUT2D eigenvalue weighted by atomic mass is 16.1. The molecule has 1 N–H and O–H groups in total. The lowest BCUT2D eigenvalue weighted by molar-refractivity contribution is -0.118. The molecule has 1 fully saturated rings. The van der Waals surface area contributed by atoms with Gasteiger partial charge >= 0.3 is 0 Å². The van der Waals surface area contributed by atoms with Crippen LogP contribution in [0.4, 0.5) is 5.69 Å². The molecule has 5 rings (SSSR count). The minimum Gasteiger partial charge on any atom is -0.326 e. The molecule has 0 radical (unpaired) electrons. The molecule has 35 heavy (non-hydrogen) atoms. The van der Waals surface area contributed by atoms with Crippen LogP contribution in [-0.4, -0.2) is 28.5 Å². The van der Waals surface area contributed by atoms with Gasteiger partial charge in [0.05, 0.1) is 5.52 Å². The lowest BCUT2D eigenvalue weighted by Crippen LogP contribution is -2.33. The fourth-order valence-electron chi connectivity index (χ4n) is 5.11. The maximum Gasteiger partial charge on any atom is 0.226 e. The zero-order valence-electron chi connectivity index (χ0n) is 21.0. The number of nitrogens with one attached hydrogen (secondary N) is 1. The maximum atomic E-state index is 12.0. The number of para-hydroxylation sites is 1. The summed E-state index contributed by atoms with van der Waals surface area (Å²) in [4.78, 5) is 14.5. The normalized spacial score (nSPS) is 15.1. The van der Waals surface area contributed by atoms with Crippen molar-refractivity contribution in [3.63, 3.8) is 0 Å². The van der Waals surface area contributed by atoms with Crippen molar-refractivity contribution in [3.8, 4) is 5.69 Å². The van der Waals surface area contributed by atoms with Crippen molar-refractivity contribution in [2.45, 2.75) is 46.1 Å². The van der Waals surface area contributed by atoms with Crippen molar-refractivity contribution in [1.29, 1.82) is 0 Å². The Morgan fingerprint density at radius 1 is 0.943 bits per heavy atom. The van der Waals surface area contributed by atoms with Crippen LogP contribution in [0.3, 0.4) is 0 Å². The third-order valence-corrected chi connectivity index (χ3v) is 7.23. The highest BCUT2D eigenvalue weighted by Crippen LogP contribution is 2.31. The summed E-state index contributed by atoms with van der Waals surface area (Å²) in [6, 6.07) is 28.3. The van der Waals surface area contributed by atoms with Gasteiger partial charge in [0, 0.05) is 34.9 Å². The van der Waals surface area contributed by atoms with Gasteiger partial charge in [0.25, 0.3) is 0 Å². The SMILES string of the molecule is Cc1ccc(-n2c(CN3CCC(c4ccc(NC(=O)C(C)C)cc4)CC3)cc3ccccc32)cc1. The Morgan fingerprint density at radius 2 is 1.63 bits per heavy atom. The largest absolute Gasteiger partial charge is 0.326 e. The first-order valence-electron chi connectivity index (χ1n) is 12.8. The molecular weight excluding hydrogens is 430 g/mol. The first-order chi connectivity index (χ1) is 17.0. The smallest absolute Gasteiger partial charge is 0.226 e. The molecule has 1 aromatic heterocycles. The van der Waals surface area contributed by atoms with Crippen LogP contribution < -0.4 is 5.32 Å². The Bertz CT molecular complexity index is 1290. The molecule has 0 saturated carbocycles. The molecule has 0 unspecified atom stereocenters. The summed E-state index contributed by atoms with van der Waals surface area (Å²) < 4.78 is 2.42. The third kappa shape index (κ3) is 5.18. The number of aryl methyl sites for hydroxylation is 1. The second-order valence-corrected chi connectivity index (χ2v) is 10.2. The minimum atomic E-state index is -0.0105. The molecule has 1 amide bonds. The van der Waals surface area contributed by atoms with Gasteiger partial charge in [-0.05, 0) is 80.7 Å². The molecule has 2 heterocycles. The van der Waals surface area contributed by atoms with Gasteiger partial charge in [-0.2, -0.15) is 0 Å². The summed E-state index contributed by atoms with van der Waals surface area (Å²) in [6.45, 7) is 9.10. The number of benzene rings is 3. The summed E-state index contributed by atoms with van der Waals surface area (Å²) in [5.41, 5.74) is 7.38. The molecule has 1 aliphatic rings. The molecule has 0 atom stereocenters. The number of carbonyl (C=O) groups is 1. The van der Waals surface area contributed by atoms with E-state index in [1.807, 2.05) is 26.0 Å². The van der Waals surface area contributed by atoms with Crippen molar-refractivity contribution < 1.29 is 4.79 Å². The number of fused-ring (bicyclic) bond motifs is 1. The van der Waals surface area contributed by atoms with E-state index in [9.17, 15) is 4.79 Å². The van der Waals surface area contributed by atoms with Gasteiger partial charge in [-0.1, -0.05) is 61.9 Å². The van der Waals surface area contributed by atoms with E-state index in [1.165, 1.54) is 33.4 Å². The first-order valence-corrected chi connectivity index (χ1v) is 12.8. The van der Waals surface area contributed by atoms with E-state index in [1.54, 1.807) is 0 Å². The van der Waals surface area contributed by atoms with Gasteiger partial charge in [-0.3, -0.25) is 9.69 Å². The molecule has 4 heteroatoms. The molecule has 4 aromatic rings. The van der Waals surface area contributed by atoms with Gasteiger partial charge in [0.1, 0.15) is 0 Å². The Morgan fingerprint density at radius 3 is 2.31 bits per heavy atom. The van der Waals surface area contributed by atoms with Crippen molar-refractivity contribution >= 4 is 22.5 Å². The molecular formula is C31H35N3O. The predicted molar refractivity (Wildman–Crippen MR) is 145 cm³/mol. The van der Waals surface area contributed by atoms with Crippen LogP contribution in [0.5, 0.6) is 0 Å². The summed E-state index contributed by atoms with van der Waals surface area (Å²) in [6.07, 6.45) is 2.31. The number of amides is 1. The molecule has 1 saturated heterocycles. The first kappa shape index (κ1) is 23.4. The predicted octanol–water partition coefficient (Wildman–Crippen LogP) is 6.91. The van der Waals surface area contributed by atoms with Crippen molar-refractivity contribution in [2.75, 3.05) is 18.4 Å². The van der Waals surface area contributed by atoms with Gasteiger partial charge in [-0.15, -0.1) is 0 Å². The summed E-state index contributed by atoms with van der Waals surface area (Å²) in [5, 5.41) is 4.28. The number of likely N-dealkylation sites (tertiary alicyclic amines) is 1. The molecule has 0 spiro atoms. The number of aromatic nitrogens is 1. The molecule has 4 nitrogen and oxygen atoms in total.